The Bertz CT molecular complexity index is 812. The molecule has 0 bridgehead atoms. The van der Waals surface area contributed by atoms with Gasteiger partial charge in [0, 0.05) is 25.4 Å². The normalized spacial score (nSPS) is 19.8. The number of benzene rings is 1. The van der Waals surface area contributed by atoms with Crippen LogP contribution in [0.15, 0.2) is 64.6 Å². The van der Waals surface area contributed by atoms with Crippen LogP contribution in [0.5, 0.6) is 0 Å². The summed E-state index contributed by atoms with van der Waals surface area (Å²) in [6.45, 7) is 3.46. The summed E-state index contributed by atoms with van der Waals surface area (Å²) in [6, 6.07) is 8.13. The van der Waals surface area contributed by atoms with Crippen LogP contribution < -0.4 is 5.32 Å². The molecule has 0 aromatic heterocycles. The number of ether oxygens (including phenoxy) is 1. The number of aliphatic imine (C=N–C) groups is 2. The van der Waals surface area contributed by atoms with E-state index in [2.05, 4.69) is 15.3 Å². The maximum atomic E-state index is 12.5. The highest BCUT2D eigenvalue weighted by molar-refractivity contribution is 6.24. The number of carbonyl (C=O) groups excluding carboxylic acids is 2. The topological polar surface area (TPSA) is 83.4 Å². The van der Waals surface area contributed by atoms with Gasteiger partial charge in [-0.2, -0.15) is 9.98 Å². The fraction of sp³-hybridized carbons (Fsp3) is 0.300. The van der Waals surface area contributed by atoms with E-state index in [9.17, 15) is 9.59 Å². The summed E-state index contributed by atoms with van der Waals surface area (Å²) in [4.78, 5) is 34.7. The van der Waals surface area contributed by atoms with Crippen LogP contribution in [0.2, 0.25) is 0 Å². The fourth-order valence-corrected chi connectivity index (χ4v) is 2.88. The highest BCUT2D eigenvalue weighted by atomic mass is 16.5. The van der Waals surface area contributed by atoms with Gasteiger partial charge in [0.2, 0.25) is 0 Å². The largest absolute Gasteiger partial charge is 0.382 e. The van der Waals surface area contributed by atoms with Crippen molar-refractivity contribution >= 4 is 29.3 Å². The zero-order valence-corrected chi connectivity index (χ0v) is 15.2. The van der Waals surface area contributed by atoms with E-state index in [1.807, 2.05) is 43.4 Å². The Kier molecular flexibility index (Phi) is 6.27. The molecule has 1 aliphatic heterocycles. The van der Waals surface area contributed by atoms with Crippen LogP contribution in [0.3, 0.4) is 0 Å². The Morgan fingerprint density at radius 1 is 1.30 bits per heavy atom. The Labute approximate surface area is 158 Å². The molecule has 2 aliphatic rings. The summed E-state index contributed by atoms with van der Waals surface area (Å²) in [5.41, 5.74) is 1.24. The standard InChI is InChI=1S/C20H22N4O3/c1-2-27-14-8-13-24-18(16-11-6-7-12-17(16)22-20(24)26)23-19(25)21-15-9-4-3-5-10-15/h3-7,9-12,16H,2,8,13-14H2,1H3,(H,21,25)/b23-18-. The second-order valence-electron chi connectivity index (χ2n) is 6.01. The van der Waals surface area contributed by atoms with Gasteiger partial charge >= 0.3 is 12.1 Å². The van der Waals surface area contributed by atoms with Gasteiger partial charge in [-0.25, -0.2) is 9.59 Å². The highest BCUT2D eigenvalue weighted by Crippen LogP contribution is 2.21. The molecule has 140 valence electrons. The number of fused-ring (bicyclic) bond motifs is 1. The smallest absolute Gasteiger partial charge is 0.349 e. The number of allylic oxidation sites excluding steroid dienone is 3. The molecule has 1 heterocycles. The summed E-state index contributed by atoms with van der Waals surface area (Å²) < 4.78 is 5.34. The van der Waals surface area contributed by atoms with Crippen molar-refractivity contribution in [1.82, 2.24) is 4.90 Å². The van der Waals surface area contributed by atoms with Crippen LogP contribution in [-0.2, 0) is 4.74 Å². The van der Waals surface area contributed by atoms with Crippen LogP contribution >= 0.6 is 0 Å². The third-order valence-corrected chi connectivity index (χ3v) is 4.13. The number of nitrogens with zero attached hydrogens (tertiary/aromatic N) is 3. The first-order chi connectivity index (χ1) is 13.2. The first-order valence-electron chi connectivity index (χ1n) is 8.96. The minimum Gasteiger partial charge on any atom is -0.382 e. The molecule has 0 radical (unpaired) electrons. The molecule has 0 saturated heterocycles. The first-order valence-corrected chi connectivity index (χ1v) is 8.96. The van der Waals surface area contributed by atoms with E-state index in [0.29, 0.717) is 43.4 Å². The Morgan fingerprint density at radius 3 is 2.89 bits per heavy atom. The van der Waals surface area contributed by atoms with Gasteiger partial charge in [0.05, 0.1) is 11.6 Å². The number of rotatable bonds is 6. The summed E-state index contributed by atoms with van der Waals surface area (Å²) in [5.74, 6) is 0.0665. The van der Waals surface area contributed by atoms with E-state index in [0.717, 1.165) is 0 Å². The zero-order valence-electron chi connectivity index (χ0n) is 15.2. The molecule has 1 unspecified atom stereocenters. The molecule has 7 nitrogen and oxygen atoms in total. The van der Waals surface area contributed by atoms with Crippen LogP contribution in [0.1, 0.15) is 13.3 Å². The summed E-state index contributed by atoms with van der Waals surface area (Å²) in [5, 5.41) is 2.73. The molecule has 1 aromatic carbocycles. The van der Waals surface area contributed by atoms with E-state index in [1.54, 1.807) is 18.2 Å². The Hall–Kier alpha value is -3.06. The molecule has 0 saturated carbocycles. The average Bonchev–Trinajstić information content (AvgIpc) is 2.67. The van der Waals surface area contributed by atoms with E-state index < -0.39 is 12.1 Å². The van der Waals surface area contributed by atoms with Crippen LogP contribution in [-0.4, -0.2) is 48.3 Å². The molecule has 0 spiro atoms. The van der Waals surface area contributed by atoms with Gasteiger partial charge in [-0.05, 0) is 31.6 Å². The van der Waals surface area contributed by atoms with Gasteiger partial charge in [-0.3, -0.25) is 4.90 Å². The van der Waals surface area contributed by atoms with Crippen molar-refractivity contribution in [2.45, 2.75) is 13.3 Å². The van der Waals surface area contributed by atoms with Gasteiger partial charge in [0.25, 0.3) is 0 Å². The number of nitrogens with one attached hydrogen (secondary N) is 1. The van der Waals surface area contributed by atoms with E-state index in [-0.39, 0.29) is 5.92 Å². The number of urea groups is 2. The number of anilines is 1. The monoisotopic (exact) mass is 366 g/mol. The van der Waals surface area contributed by atoms with E-state index in [4.69, 9.17) is 4.74 Å². The van der Waals surface area contributed by atoms with Gasteiger partial charge in [0.15, 0.2) is 0 Å². The first kappa shape index (κ1) is 18.7. The average molecular weight is 366 g/mol. The van der Waals surface area contributed by atoms with Crippen molar-refractivity contribution in [3.63, 3.8) is 0 Å². The predicted octanol–water partition coefficient (Wildman–Crippen LogP) is 3.66. The van der Waals surface area contributed by atoms with Gasteiger partial charge in [-0.15, -0.1) is 0 Å². The lowest BCUT2D eigenvalue weighted by molar-refractivity contribution is 0.140. The predicted molar refractivity (Wildman–Crippen MR) is 105 cm³/mol. The number of hydrogen-bond donors (Lipinski definition) is 1. The minimum atomic E-state index is -0.525. The summed E-state index contributed by atoms with van der Waals surface area (Å²) >= 11 is 0. The number of amides is 4. The number of para-hydroxylation sites is 1. The van der Waals surface area contributed by atoms with Crippen molar-refractivity contribution < 1.29 is 14.3 Å². The molecule has 7 heteroatoms. The SMILES string of the molecule is CCOCCCN1C(=O)N=C2C=CC=CC2/C1=N/C(=O)Nc1ccccc1. The molecule has 1 aliphatic carbocycles. The van der Waals surface area contributed by atoms with Gasteiger partial charge < -0.3 is 10.1 Å². The quantitative estimate of drug-likeness (QED) is 0.780. The van der Waals surface area contributed by atoms with Crippen molar-refractivity contribution in [1.29, 1.82) is 0 Å². The second kappa shape index (κ2) is 9.05. The Morgan fingerprint density at radius 2 is 2.11 bits per heavy atom. The van der Waals surface area contributed by atoms with Crippen molar-refractivity contribution in [2.24, 2.45) is 15.9 Å². The van der Waals surface area contributed by atoms with E-state index in [1.165, 1.54) is 4.90 Å². The molecule has 27 heavy (non-hydrogen) atoms. The molecule has 4 amide bonds. The minimum absolute atomic E-state index is 0.318. The molecular weight excluding hydrogens is 344 g/mol. The number of amidine groups is 1. The van der Waals surface area contributed by atoms with Crippen molar-refractivity contribution in [2.75, 3.05) is 25.1 Å². The van der Waals surface area contributed by atoms with Gasteiger partial charge in [-0.1, -0.05) is 36.4 Å². The van der Waals surface area contributed by atoms with Crippen molar-refractivity contribution in [3.05, 3.63) is 54.6 Å². The second-order valence-corrected chi connectivity index (χ2v) is 6.01. The summed E-state index contributed by atoms with van der Waals surface area (Å²) in [7, 11) is 0. The summed E-state index contributed by atoms with van der Waals surface area (Å²) in [6.07, 6.45) is 7.97. The zero-order chi connectivity index (χ0) is 19.1. The molecule has 1 N–H and O–H groups in total. The highest BCUT2D eigenvalue weighted by Gasteiger charge is 2.34. The third kappa shape index (κ3) is 4.77. The van der Waals surface area contributed by atoms with Gasteiger partial charge in [0.1, 0.15) is 5.84 Å². The number of hydrogen-bond acceptors (Lipinski definition) is 3. The molecular formula is C20H22N4O3. The molecule has 1 aromatic rings. The van der Waals surface area contributed by atoms with E-state index >= 15 is 0 Å². The lowest BCUT2D eigenvalue weighted by atomic mass is 9.94. The van der Waals surface area contributed by atoms with Crippen LogP contribution in [0, 0.1) is 5.92 Å². The number of carbonyl (C=O) groups is 2. The Balaban J connectivity index is 1.82. The fourth-order valence-electron chi connectivity index (χ4n) is 2.88. The van der Waals surface area contributed by atoms with Crippen molar-refractivity contribution in [3.8, 4) is 0 Å². The maximum absolute atomic E-state index is 12.5. The third-order valence-electron chi connectivity index (χ3n) is 4.13. The lowest BCUT2D eigenvalue weighted by Crippen LogP contribution is -2.47. The van der Waals surface area contributed by atoms with Crippen LogP contribution in [0.25, 0.3) is 0 Å². The van der Waals surface area contributed by atoms with Crippen LogP contribution in [0.4, 0.5) is 15.3 Å². The maximum Gasteiger partial charge on any atom is 0.349 e. The molecule has 1 atom stereocenters. The molecule has 0 fully saturated rings. The lowest BCUT2D eigenvalue weighted by Gasteiger charge is -2.31. The molecule has 3 rings (SSSR count).